The van der Waals surface area contributed by atoms with Gasteiger partial charge in [-0.15, -0.1) is 11.6 Å². The number of alkyl halides is 1. The number of Topliss-reactive ketones (excluding diaryl/α,β-unsaturated/α-hetero) is 1. The van der Waals surface area contributed by atoms with Crippen LogP contribution in [-0.4, -0.2) is 69.0 Å². The van der Waals surface area contributed by atoms with Crippen LogP contribution in [-0.2, 0) is 14.3 Å². The van der Waals surface area contributed by atoms with Gasteiger partial charge in [-0.25, -0.2) is 4.68 Å². The summed E-state index contributed by atoms with van der Waals surface area (Å²) in [5.74, 6) is -0.718. The van der Waals surface area contributed by atoms with E-state index in [9.17, 15) is 14.4 Å². The molecule has 0 unspecified atom stereocenters. The van der Waals surface area contributed by atoms with Gasteiger partial charge in [0.1, 0.15) is 24.8 Å². The predicted molar refractivity (Wildman–Crippen MR) is 130 cm³/mol. The van der Waals surface area contributed by atoms with E-state index >= 15 is 0 Å². The van der Waals surface area contributed by atoms with Crippen LogP contribution in [0.4, 0.5) is 0 Å². The number of hydrogen-bond donors (Lipinski definition) is 1. The summed E-state index contributed by atoms with van der Waals surface area (Å²) in [4.78, 5) is 41.3. The van der Waals surface area contributed by atoms with Gasteiger partial charge in [0.15, 0.2) is 5.78 Å². The third kappa shape index (κ3) is 4.74. The lowest BCUT2D eigenvalue weighted by molar-refractivity contribution is -0.139. The third-order valence-electron chi connectivity index (χ3n) is 7.69. The van der Waals surface area contributed by atoms with Crippen LogP contribution < -0.4 is 5.32 Å². The van der Waals surface area contributed by atoms with Gasteiger partial charge in [-0.3, -0.25) is 14.4 Å². The molecule has 0 radical (unpaired) electrons. The van der Waals surface area contributed by atoms with Crippen LogP contribution in [0.15, 0.2) is 42.7 Å². The van der Waals surface area contributed by atoms with E-state index in [1.54, 1.807) is 40.2 Å². The molecule has 8 nitrogen and oxygen atoms in total. The maximum Gasteiger partial charge on any atom is 0.252 e. The summed E-state index contributed by atoms with van der Waals surface area (Å²) < 4.78 is 7.24. The van der Waals surface area contributed by atoms with E-state index < -0.39 is 23.6 Å². The minimum absolute atomic E-state index is 0.0148. The number of amides is 2. The first kappa shape index (κ1) is 24.0. The number of benzene rings is 1. The summed E-state index contributed by atoms with van der Waals surface area (Å²) in [6.07, 6.45) is 6.59. The number of nitrogens with one attached hydrogen (secondary N) is 1. The highest BCUT2D eigenvalue weighted by Crippen LogP contribution is 2.40. The summed E-state index contributed by atoms with van der Waals surface area (Å²) in [7, 11) is 0. The molecule has 0 spiro atoms. The number of halogens is 1. The van der Waals surface area contributed by atoms with Crippen LogP contribution in [0, 0.1) is 11.3 Å². The molecule has 1 aromatic heterocycles. The van der Waals surface area contributed by atoms with E-state index in [0.29, 0.717) is 5.56 Å². The molecular weight excluding hydrogens is 468 g/mol. The van der Waals surface area contributed by atoms with E-state index in [1.165, 1.54) is 0 Å². The Morgan fingerprint density at radius 3 is 2.71 bits per heavy atom. The molecule has 3 heterocycles. The second-order valence-electron chi connectivity index (χ2n) is 10.6. The van der Waals surface area contributed by atoms with Crippen molar-refractivity contribution in [2.45, 2.75) is 63.1 Å². The first-order chi connectivity index (χ1) is 16.7. The van der Waals surface area contributed by atoms with E-state index in [-0.39, 0.29) is 42.1 Å². The highest BCUT2D eigenvalue weighted by atomic mass is 35.5. The summed E-state index contributed by atoms with van der Waals surface area (Å²) in [5.41, 5.74) is 1.41. The molecule has 2 saturated heterocycles. The van der Waals surface area contributed by atoms with Crippen LogP contribution in [0.1, 0.15) is 49.9 Å². The van der Waals surface area contributed by atoms with Crippen molar-refractivity contribution in [2.75, 3.05) is 13.2 Å². The van der Waals surface area contributed by atoms with Gasteiger partial charge >= 0.3 is 0 Å². The second-order valence-corrected chi connectivity index (χ2v) is 11.2. The van der Waals surface area contributed by atoms with Crippen molar-refractivity contribution in [2.24, 2.45) is 11.3 Å². The van der Waals surface area contributed by atoms with Crippen molar-refractivity contribution in [1.29, 1.82) is 0 Å². The SMILES string of the molecule is CC1(C)CCC([C@H](NC(=O)c2cccc(-n3cccn3)c2)C(=O)N2C[C@H](Cl)[C@H]3OCC(=O)[C@H]32)CC1. The number of likely N-dealkylation sites (tertiary alicyclic amines) is 1. The summed E-state index contributed by atoms with van der Waals surface area (Å²) in [5, 5.41) is 6.82. The molecule has 186 valence electrons. The summed E-state index contributed by atoms with van der Waals surface area (Å²) in [6.45, 7) is 4.67. The Kier molecular flexibility index (Phi) is 6.44. The molecule has 35 heavy (non-hydrogen) atoms. The number of nitrogens with zero attached hydrogens (tertiary/aromatic N) is 3. The van der Waals surface area contributed by atoms with Crippen molar-refractivity contribution in [3.05, 3.63) is 48.3 Å². The highest BCUT2D eigenvalue weighted by molar-refractivity contribution is 6.22. The fourth-order valence-electron chi connectivity index (χ4n) is 5.57. The van der Waals surface area contributed by atoms with Crippen molar-refractivity contribution in [3.63, 3.8) is 0 Å². The fourth-order valence-corrected chi connectivity index (χ4v) is 5.93. The second kappa shape index (κ2) is 9.39. The molecule has 9 heteroatoms. The van der Waals surface area contributed by atoms with Crippen LogP contribution in [0.25, 0.3) is 5.69 Å². The molecule has 2 aliphatic heterocycles. The molecule has 1 aromatic carbocycles. The van der Waals surface area contributed by atoms with Gasteiger partial charge in [0.05, 0.1) is 11.1 Å². The number of fused-ring (bicyclic) bond motifs is 1. The average molecular weight is 499 g/mol. The maximum absolute atomic E-state index is 13.9. The quantitative estimate of drug-likeness (QED) is 0.640. The van der Waals surface area contributed by atoms with Gasteiger partial charge in [0.2, 0.25) is 5.91 Å². The lowest BCUT2D eigenvalue weighted by atomic mass is 9.71. The first-order valence-electron chi connectivity index (χ1n) is 12.2. The molecule has 1 saturated carbocycles. The highest BCUT2D eigenvalue weighted by Gasteiger charge is 2.53. The zero-order valence-corrected chi connectivity index (χ0v) is 20.8. The first-order valence-corrected chi connectivity index (χ1v) is 12.7. The number of hydrogen-bond acceptors (Lipinski definition) is 5. The molecule has 5 rings (SSSR count). The zero-order chi connectivity index (χ0) is 24.7. The van der Waals surface area contributed by atoms with E-state index in [2.05, 4.69) is 24.3 Å². The van der Waals surface area contributed by atoms with Gasteiger partial charge in [-0.1, -0.05) is 19.9 Å². The molecule has 1 aliphatic carbocycles. The van der Waals surface area contributed by atoms with Crippen molar-refractivity contribution >= 4 is 29.2 Å². The number of carbonyl (C=O) groups excluding carboxylic acids is 3. The van der Waals surface area contributed by atoms with Crippen molar-refractivity contribution in [3.8, 4) is 5.69 Å². The summed E-state index contributed by atoms with van der Waals surface area (Å²) >= 11 is 6.45. The fraction of sp³-hybridized carbons (Fsp3) is 0.538. The monoisotopic (exact) mass is 498 g/mol. The number of aromatic nitrogens is 2. The standard InChI is InChI=1S/C26H31ClN4O4/c1-26(2)9-7-16(8-10-26)21(25(34)30-14-19(27)23-22(30)20(32)15-35-23)29-24(33)17-5-3-6-18(13-17)31-12-4-11-28-31/h3-6,11-13,16,19,21-23H,7-10,14-15H2,1-2H3,(H,29,33)/t19-,21-,22+,23+/m0/s1. The smallest absolute Gasteiger partial charge is 0.252 e. The molecule has 3 aliphatic rings. The molecule has 2 amide bonds. The Morgan fingerprint density at radius 2 is 2.00 bits per heavy atom. The predicted octanol–water partition coefficient (Wildman–Crippen LogP) is 2.97. The van der Waals surface area contributed by atoms with Gasteiger partial charge < -0.3 is 15.0 Å². The number of ether oxygens (including phenoxy) is 1. The molecule has 4 atom stereocenters. The molecule has 1 N–H and O–H groups in total. The normalized spacial score (nSPS) is 27.0. The third-order valence-corrected chi connectivity index (χ3v) is 8.08. The molecule has 2 aromatic rings. The molecule has 3 fully saturated rings. The Hall–Kier alpha value is -2.71. The van der Waals surface area contributed by atoms with Gasteiger partial charge in [0, 0.05) is 24.5 Å². The minimum Gasteiger partial charge on any atom is -0.366 e. The number of rotatable bonds is 5. The van der Waals surface area contributed by atoms with Crippen molar-refractivity contribution in [1.82, 2.24) is 20.0 Å². The van der Waals surface area contributed by atoms with Gasteiger partial charge in [0.25, 0.3) is 5.91 Å². The maximum atomic E-state index is 13.9. The Morgan fingerprint density at radius 1 is 1.23 bits per heavy atom. The van der Waals surface area contributed by atoms with E-state index in [1.807, 2.05) is 12.1 Å². The lowest BCUT2D eigenvalue weighted by Gasteiger charge is -2.39. The van der Waals surface area contributed by atoms with Crippen LogP contribution in [0.2, 0.25) is 0 Å². The number of ketones is 1. The largest absolute Gasteiger partial charge is 0.366 e. The number of carbonyl (C=O) groups is 3. The van der Waals surface area contributed by atoms with Crippen molar-refractivity contribution < 1.29 is 19.1 Å². The molecular formula is C26H31ClN4O4. The van der Waals surface area contributed by atoms with Crippen LogP contribution in [0.5, 0.6) is 0 Å². The Balaban J connectivity index is 1.40. The lowest BCUT2D eigenvalue weighted by Crippen LogP contribution is -2.55. The van der Waals surface area contributed by atoms with Crippen LogP contribution in [0.3, 0.4) is 0 Å². The van der Waals surface area contributed by atoms with E-state index in [0.717, 1.165) is 31.4 Å². The Bertz CT molecular complexity index is 1110. The molecule has 0 bridgehead atoms. The van der Waals surface area contributed by atoms with E-state index in [4.69, 9.17) is 16.3 Å². The van der Waals surface area contributed by atoms with Gasteiger partial charge in [-0.05, 0) is 61.3 Å². The van der Waals surface area contributed by atoms with Gasteiger partial charge in [-0.2, -0.15) is 5.10 Å². The van der Waals surface area contributed by atoms with Crippen LogP contribution >= 0.6 is 11.6 Å². The minimum atomic E-state index is -0.733. The Labute approximate surface area is 209 Å². The summed E-state index contributed by atoms with van der Waals surface area (Å²) in [6, 6.07) is 7.55. The topological polar surface area (TPSA) is 93.5 Å². The zero-order valence-electron chi connectivity index (χ0n) is 20.0. The average Bonchev–Trinajstić information content (AvgIpc) is 3.57.